The summed E-state index contributed by atoms with van der Waals surface area (Å²) >= 11 is 3.38. The summed E-state index contributed by atoms with van der Waals surface area (Å²) < 4.78 is 6.44. The molecule has 3 nitrogen and oxygen atoms in total. The van der Waals surface area contributed by atoms with Gasteiger partial charge in [0, 0.05) is 21.6 Å². The first-order valence-corrected chi connectivity index (χ1v) is 6.54. The molecule has 1 aliphatic rings. The molecule has 0 spiro atoms. The van der Waals surface area contributed by atoms with Crippen LogP contribution in [0.4, 0.5) is 5.69 Å². The first-order chi connectivity index (χ1) is 8.24. The van der Waals surface area contributed by atoms with E-state index in [0.717, 1.165) is 27.3 Å². The van der Waals surface area contributed by atoms with Crippen LogP contribution in [0.1, 0.15) is 31.1 Å². The number of hydrogen-bond donors (Lipinski definition) is 1. The van der Waals surface area contributed by atoms with Crippen molar-refractivity contribution in [2.45, 2.75) is 25.2 Å². The summed E-state index contributed by atoms with van der Waals surface area (Å²) in [6, 6.07) is 5.83. The van der Waals surface area contributed by atoms with E-state index in [4.69, 9.17) is 10.2 Å². The molecule has 0 radical (unpaired) electrons. The molecule has 0 aliphatic heterocycles. The number of anilines is 1. The van der Waals surface area contributed by atoms with Gasteiger partial charge in [0.15, 0.2) is 5.89 Å². The highest BCUT2D eigenvalue weighted by Gasteiger charge is 2.24. The van der Waals surface area contributed by atoms with Crippen molar-refractivity contribution >= 4 is 21.6 Å². The van der Waals surface area contributed by atoms with Gasteiger partial charge in [0.25, 0.3) is 0 Å². The van der Waals surface area contributed by atoms with Crippen molar-refractivity contribution in [1.29, 1.82) is 0 Å². The number of aromatic nitrogens is 1. The number of benzene rings is 1. The second-order valence-corrected chi connectivity index (χ2v) is 5.29. The number of nitrogen functional groups attached to an aromatic ring is 1. The Morgan fingerprint density at radius 2 is 2.18 bits per heavy atom. The van der Waals surface area contributed by atoms with Gasteiger partial charge in [-0.25, -0.2) is 4.98 Å². The molecule has 0 unspecified atom stereocenters. The highest BCUT2D eigenvalue weighted by Crippen LogP contribution is 2.37. The van der Waals surface area contributed by atoms with Gasteiger partial charge >= 0.3 is 0 Å². The number of hydrogen-bond acceptors (Lipinski definition) is 3. The molecule has 1 aliphatic carbocycles. The number of rotatable bonds is 2. The zero-order valence-electron chi connectivity index (χ0n) is 9.32. The normalized spacial score (nSPS) is 15.8. The average molecular weight is 293 g/mol. The van der Waals surface area contributed by atoms with E-state index in [-0.39, 0.29) is 0 Å². The molecule has 4 heteroatoms. The maximum Gasteiger partial charge on any atom is 0.197 e. The second-order valence-electron chi connectivity index (χ2n) is 4.44. The SMILES string of the molecule is Nc1cc(-c2coc(C3CCC3)n2)ccc1Br. The van der Waals surface area contributed by atoms with Crippen LogP contribution in [0.15, 0.2) is 33.4 Å². The zero-order valence-corrected chi connectivity index (χ0v) is 10.9. The number of oxazole rings is 1. The van der Waals surface area contributed by atoms with Gasteiger partial charge in [0.2, 0.25) is 0 Å². The van der Waals surface area contributed by atoms with Crippen molar-refractivity contribution < 1.29 is 4.42 Å². The van der Waals surface area contributed by atoms with Crippen LogP contribution in [0.3, 0.4) is 0 Å². The lowest BCUT2D eigenvalue weighted by molar-refractivity contribution is 0.335. The molecule has 2 aromatic rings. The monoisotopic (exact) mass is 292 g/mol. The molecule has 0 amide bonds. The Balaban J connectivity index is 1.92. The third kappa shape index (κ3) is 1.97. The molecule has 3 rings (SSSR count). The van der Waals surface area contributed by atoms with E-state index < -0.39 is 0 Å². The lowest BCUT2D eigenvalue weighted by Gasteiger charge is -2.21. The Bertz CT molecular complexity index is 546. The van der Waals surface area contributed by atoms with Crippen LogP contribution in [-0.2, 0) is 0 Å². The lowest BCUT2D eigenvalue weighted by atomic mass is 9.85. The van der Waals surface area contributed by atoms with Crippen LogP contribution >= 0.6 is 15.9 Å². The molecule has 1 saturated carbocycles. The van der Waals surface area contributed by atoms with Crippen molar-refractivity contribution in [3.63, 3.8) is 0 Å². The highest BCUT2D eigenvalue weighted by atomic mass is 79.9. The van der Waals surface area contributed by atoms with Crippen molar-refractivity contribution in [2.24, 2.45) is 0 Å². The van der Waals surface area contributed by atoms with Crippen LogP contribution in [0.25, 0.3) is 11.3 Å². The van der Waals surface area contributed by atoms with E-state index in [2.05, 4.69) is 20.9 Å². The molecule has 1 aromatic carbocycles. The minimum absolute atomic E-state index is 0.525. The zero-order chi connectivity index (χ0) is 11.8. The largest absolute Gasteiger partial charge is 0.448 e. The molecule has 17 heavy (non-hydrogen) atoms. The van der Waals surface area contributed by atoms with Crippen LogP contribution in [0.5, 0.6) is 0 Å². The number of halogens is 1. The molecular formula is C13H13BrN2O. The van der Waals surface area contributed by atoms with Gasteiger partial charge in [-0.1, -0.05) is 12.5 Å². The molecular weight excluding hydrogens is 280 g/mol. The van der Waals surface area contributed by atoms with Gasteiger partial charge < -0.3 is 10.2 Å². The molecule has 0 bridgehead atoms. The second kappa shape index (κ2) is 4.18. The Morgan fingerprint density at radius 3 is 2.82 bits per heavy atom. The van der Waals surface area contributed by atoms with E-state index in [1.54, 1.807) is 6.26 Å². The van der Waals surface area contributed by atoms with Gasteiger partial charge in [0.1, 0.15) is 12.0 Å². The van der Waals surface area contributed by atoms with Gasteiger partial charge in [-0.3, -0.25) is 0 Å². The van der Waals surface area contributed by atoms with E-state index in [9.17, 15) is 0 Å². The van der Waals surface area contributed by atoms with E-state index >= 15 is 0 Å². The lowest BCUT2D eigenvalue weighted by Crippen LogP contribution is -2.08. The highest BCUT2D eigenvalue weighted by molar-refractivity contribution is 9.10. The standard InChI is InChI=1S/C13H13BrN2O/c14-10-5-4-9(6-11(10)15)12-7-17-13(16-12)8-2-1-3-8/h4-8H,1-3,15H2. The Kier molecular flexibility index (Phi) is 2.67. The third-order valence-electron chi connectivity index (χ3n) is 3.27. The molecule has 2 N–H and O–H groups in total. The minimum Gasteiger partial charge on any atom is -0.448 e. The summed E-state index contributed by atoms with van der Waals surface area (Å²) in [6.45, 7) is 0. The van der Waals surface area contributed by atoms with Gasteiger partial charge in [-0.05, 0) is 40.9 Å². The summed E-state index contributed by atoms with van der Waals surface area (Å²) in [5.41, 5.74) is 8.44. The number of nitrogens with zero attached hydrogens (tertiary/aromatic N) is 1. The van der Waals surface area contributed by atoms with Crippen molar-refractivity contribution in [3.05, 3.63) is 34.8 Å². The fraction of sp³-hybridized carbons (Fsp3) is 0.308. The van der Waals surface area contributed by atoms with Crippen LogP contribution < -0.4 is 5.73 Å². The summed E-state index contributed by atoms with van der Waals surface area (Å²) in [5, 5.41) is 0. The first kappa shape index (κ1) is 10.8. The Morgan fingerprint density at radius 1 is 1.35 bits per heavy atom. The summed E-state index contributed by atoms with van der Waals surface area (Å²) in [4.78, 5) is 4.54. The van der Waals surface area contributed by atoms with Crippen LogP contribution in [0, 0.1) is 0 Å². The number of nitrogens with two attached hydrogens (primary N) is 1. The quantitative estimate of drug-likeness (QED) is 0.853. The minimum atomic E-state index is 0.525. The molecule has 0 atom stereocenters. The molecule has 88 valence electrons. The topological polar surface area (TPSA) is 52.0 Å². The fourth-order valence-corrected chi connectivity index (χ4v) is 2.21. The Labute approximate surface area is 108 Å². The molecule has 1 fully saturated rings. The van der Waals surface area contributed by atoms with Crippen LogP contribution in [-0.4, -0.2) is 4.98 Å². The predicted molar refractivity (Wildman–Crippen MR) is 70.6 cm³/mol. The fourth-order valence-electron chi connectivity index (χ4n) is 1.97. The summed E-state index contributed by atoms with van der Waals surface area (Å²) in [5.74, 6) is 1.39. The third-order valence-corrected chi connectivity index (χ3v) is 3.99. The molecule has 1 heterocycles. The maximum atomic E-state index is 5.86. The van der Waals surface area contributed by atoms with Crippen molar-refractivity contribution in [3.8, 4) is 11.3 Å². The van der Waals surface area contributed by atoms with Crippen LogP contribution in [0.2, 0.25) is 0 Å². The summed E-state index contributed by atoms with van der Waals surface area (Å²) in [6.07, 6.45) is 5.40. The van der Waals surface area contributed by atoms with Crippen molar-refractivity contribution in [2.75, 3.05) is 5.73 Å². The molecule has 1 aromatic heterocycles. The first-order valence-electron chi connectivity index (χ1n) is 5.75. The van der Waals surface area contributed by atoms with Gasteiger partial charge in [0.05, 0.1) is 0 Å². The smallest absolute Gasteiger partial charge is 0.197 e. The predicted octanol–water partition coefficient (Wildman–Crippen LogP) is 3.95. The Hall–Kier alpha value is -1.29. The van der Waals surface area contributed by atoms with Gasteiger partial charge in [-0.2, -0.15) is 0 Å². The van der Waals surface area contributed by atoms with Gasteiger partial charge in [-0.15, -0.1) is 0 Å². The summed E-state index contributed by atoms with van der Waals surface area (Å²) in [7, 11) is 0. The molecule has 0 saturated heterocycles. The average Bonchev–Trinajstić information content (AvgIpc) is 2.69. The van der Waals surface area contributed by atoms with E-state index in [1.165, 1.54) is 19.3 Å². The maximum absolute atomic E-state index is 5.86. The van der Waals surface area contributed by atoms with Crippen molar-refractivity contribution in [1.82, 2.24) is 4.98 Å². The van der Waals surface area contributed by atoms with E-state index in [1.807, 2.05) is 18.2 Å². The van der Waals surface area contributed by atoms with E-state index in [0.29, 0.717) is 5.92 Å².